The zero-order chi connectivity index (χ0) is 23.2. The van der Waals surface area contributed by atoms with Gasteiger partial charge in [-0.2, -0.15) is 0 Å². The van der Waals surface area contributed by atoms with Crippen molar-refractivity contribution in [3.63, 3.8) is 0 Å². The monoisotopic (exact) mass is 450 g/mol. The molecule has 1 unspecified atom stereocenters. The van der Waals surface area contributed by atoms with Gasteiger partial charge < -0.3 is 10.2 Å². The summed E-state index contributed by atoms with van der Waals surface area (Å²) in [4.78, 5) is 10.7. The second-order valence-corrected chi connectivity index (χ2v) is 9.70. The van der Waals surface area contributed by atoms with Gasteiger partial charge in [-0.1, -0.05) is 61.3 Å². The lowest BCUT2D eigenvalue weighted by Crippen LogP contribution is -2.15. The van der Waals surface area contributed by atoms with Gasteiger partial charge in [-0.05, 0) is 85.4 Å². The number of halogens is 1. The van der Waals surface area contributed by atoms with Crippen LogP contribution in [-0.2, 0) is 4.79 Å². The van der Waals surface area contributed by atoms with Crippen LogP contribution in [0.5, 0.6) is 0 Å². The standard InChI is InChI=1S/C29H35FO3/c30-27-11-6-9-21-13-14-23(19-26(21)27)28(31)18-16-22-15-17-25(20-7-5-8-20)24(22)10-3-1-2-4-12-29(32)33/h6,9,11,13-15,17,19,22,24,28,31H,1-5,7-8,10,12,16,18H2,(H,32,33)/t22-,24-,28?/m1/s1. The number of allylic oxidation sites excluding steroid dienone is 4. The van der Waals surface area contributed by atoms with Crippen LogP contribution in [0.3, 0.4) is 0 Å². The summed E-state index contributed by atoms with van der Waals surface area (Å²) in [5.41, 5.74) is 3.91. The number of unbranched alkanes of at least 4 members (excludes halogenated alkanes) is 3. The summed E-state index contributed by atoms with van der Waals surface area (Å²) < 4.78 is 14.2. The Hall–Kier alpha value is -2.46. The number of carbonyl (C=O) groups is 1. The molecule has 0 spiro atoms. The van der Waals surface area contributed by atoms with Gasteiger partial charge in [0.15, 0.2) is 0 Å². The summed E-state index contributed by atoms with van der Waals surface area (Å²) >= 11 is 0. The average Bonchev–Trinajstić information content (AvgIpc) is 3.15. The summed E-state index contributed by atoms with van der Waals surface area (Å²) in [5.74, 6) is -0.0137. The lowest BCUT2D eigenvalue weighted by atomic mass is 9.78. The van der Waals surface area contributed by atoms with Crippen molar-refractivity contribution in [1.29, 1.82) is 0 Å². The van der Waals surface area contributed by atoms with Crippen LogP contribution >= 0.6 is 0 Å². The van der Waals surface area contributed by atoms with Crippen molar-refractivity contribution in [3.05, 3.63) is 71.1 Å². The summed E-state index contributed by atoms with van der Waals surface area (Å²) in [7, 11) is 0. The molecule has 3 nitrogen and oxygen atoms in total. The lowest BCUT2D eigenvalue weighted by Gasteiger charge is -2.27. The SMILES string of the molecule is O=C(O)CCCCCC[C@H]1C(=C2CCC2)C=C[C@@H]1CCC(O)c1ccc2cccc(F)c2c1. The highest BCUT2D eigenvalue weighted by Crippen LogP contribution is 2.44. The van der Waals surface area contributed by atoms with Crippen molar-refractivity contribution in [3.8, 4) is 0 Å². The summed E-state index contributed by atoms with van der Waals surface area (Å²) in [6.07, 6.45) is 14.7. The van der Waals surface area contributed by atoms with Gasteiger partial charge in [-0.25, -0.2) is 4.39 Å². The molecule has 0 aliphatic heterocycles. The highest BCUT2D eigenvalue weighted by molar-refractivity contribution is 5.83. The highest BCUT2D eigenvalue weighted by Gasteiger charge is 2.30. The maximum Gasteiger partial charge on any atom is 0.303 e. The quantitative estimate of drug-likeness (QED) is 0.348. The van der Waals surface area contributed by atoms with Crippen LogP contribution in [0.2, 0.25) is 0 Å². The number of hydrogen-bond acceptors (Lipinski definition) is 2. The van der Waals surface area contributed by atoms with E-state index in [1.165, 1.54) is 30.9 Å². The molecule has 3 atom stereocenters. The number of carboxylic acids is 1. The van der Waals surface area contributed by atoms with Gasteiger partial charge in [0.25, 0.3) is 0 Å². The van der Waals surface area contributed by atoms with Gasteiger partial charge in [-0.3, -0.25) is 4.79 Å². The zero-order valence-corrected chi connectivity index (χ0v) is 19.3. The van der Waals surface area contributed by atoms with Crippen LogP contribution in [0.4, 0.5) is 4.39 Å². The Balaban J connectivity index is 1.35. The second-order valence-electron chi connectivity index (χ2n) is 9.70. The van der Waals surface area contributed by atoms with E-state index in [1.54, 1.807) is 17.7 Å². The normalized spacial score (nSPS) is 20.9. The predicted molar refractivity (Wildman–Crippen MR) is 130 cm³/mol. The van der Waals surface area contributed by atoms with E-state index in [0.29, 0.717) is 23.6 Å². The molecule has 1 fully saturated rings. The Morgan fingerprint density at radius 2 is 1.88 bits per heavy atom. The largest absolute Gasteiger partial charge is 0.481 e. The van der Waals surface area contributed by atoms with Gasteiger partial charge >= 0.3 is 5.97 Å². The minimum absolute atomic E-state index is 0.250. The van der Waals surface area contributed by atoms with Crippen molar-refractivity contribution < 1.29 is 19.4 Å². The number of aliphatic carboxylic acids is 1. The molecule has 0 radical (unpaired) electrons. The van der Waals surface area contributed by atoms with E-state index in [0.717, 1.165) is 49.5 Å². The molecule has 2 aliphatic carbocycles. The summed E-state index contributed by atoms with van der Waals surface area (Å²) in [6.45, 7) is 0. The molecule has 0 bridgehead atoms. The molecule has 0 amide bonds. The number of benzene rings is 2. The maximum atomic E-state index is 14.2. The first-order valence-corrected chi connectivity index (χ1v) is 12.5. The fourth-order valence-corrected chi connectivity index (χ4v) is 5.38. The lowest BCUT2D eigenvalue weighted by molar-refractivity contribution is -0.137. The molecular formula is C29H35FO3. The molecule has 2 aromatic rings. The van der Waals surface area contributed by atoms with Crippen LogP contribution in [-0.4, -0.2) is 16.2 Å². The fraction of sp³-hybridized carbons (Fsp3) is 0.483. The number of fused-ring (bicyclic) bond motifs is 1. The molecule has 4 heteroatoms. The molecule has 1 saturated carbocycles. The van der Waals surface area contributed by atoms with Gasteiger partial charge in [0.2, 0.25) is 0 Å². The van der Waals surface area contributed by atoms with Crippen molar-refractivity contribution in [2.24, 2.45) is 11.8 Å². The molecule has 0 heterocycles. The molecule has 33 heavy (non-hydrogen) atoms. The van der Waals surface area contributed by atoms with E-state index in [9.17, 15) is 14.3 Å². The van der Waals surface area contributed by atoms with E-state index in [1.807, 2.05) is 18.2 Å². The smallest absolute Gasteiger partial charge is 0.303 e. The van der Waals surface area contributed by atoms with Crippen molar-refractivity contribution >= 4 is 16.7 Å². The molecule has 176 valence electrons. The zero-order valence-electron chi connectivity index (χ0n) is 19.3. The van der Waals surface area contributed by atoms with Gasteiger partial charge in [0.1, 0.15) is 5.82 Å². The maximum absolute atomic E-state index is 14.2. The third kappa shape index (κ3) is 5.92. The number of rotatable bonds is 11. The first-order valence-electron chi connectivity index (χ1n) is 12.5. The molecule has 2 N–H and O–H groups in total. The van der Waals surface area contributed by atoms with E-state index in [4.69, 9.17) is 5.11 Å². The third-order valence-corrected chi connectivity index (χ3v) is 7.47. The molecule has 0 aromatic heterocycles. The second kappa shape index (κ2) is 11.1. The minimum Gasteiger partial charge on any atom is -0.481 e. The van der Waals surface area contributed by atoms with Crippen LogP contribution in [0.25, 0.3) is 10.8 Å². The van der Waals surface area contributed by atoms with E-state index in [-0.39, 0.29) is 12.2 Å². The van der Waals surface area contributed by atoms with E-state index < -0.39 is 12.1 Å². The molecule has 0 saturated heterocycles. The minimum atomic E-state index is -0.709. The van der Waals surface area contributed by atoms with Crippen LogP contribution in [0, 0.1) is 17.7 Å². The number of aliphatic hydroxyl groups excluding tert-OH is 1. The fourth-order valence-electron chi connectivity index (χ4n) is 5.38. The van der Waals surface area contributed by atoms with Crippen molar-refractivity contribution in [2.45, 2.75) is 76.7 Å². The van der Waals surface area contributed by atoms with Crippen LogP contribution in [0.1, 0.15) is 82.3 Å². The molecule has 4 rings (SSSR count). The first kappa shape index (κ1) is 23.7. The highest BCUT2D eigenvalue weighted by atomic mass is 19.1. The van der Waals surface area contributed by atoms with Crippen molar-refractivity contribution in [1.82, 2.24) is 0 Å². The third-order valence-electron chi connectivity index (χ3n) is 7.47. The molecule has 2 aromatic carbocycles. The van der Waals surface area contributed by atoms with Crippen LogP contribution in [0.15, 0.2) is 59.7 Å². The van der Waals surface area contributed by atoms with Crippen LogP contribution < -0.4 is 0 Å². The number of carboxylic acid groups (broad SMARTS) is 1. The first-order chi connectivity index (χ1) is 16.0. The van der Waals surface area contributed by atoms with Gasteiger partial charge in [0, 0.05) is 11.8 Å². The molecule has 2 aliphatic rings. The predicted octanol–water partition coefficient (Wildman–Crippen LogP) is 7.50. The van der Waals surface area contributed by atoms with E-state index in [2.05, 4.69) is 12.2 Å². The molecular weight excluding hydrogens is 415 g/mol. The Labute approximate surface area is 196 Å². The average molecular weight is 451 g/mol. The summed E-state index contributed by atoms with van der Waals surface area (Å²) in [6, 6.07) is 10.6. The Kier molecular flexibility index (Phi) is 7.97. The Morgan fingerprint density at radius 3 is 2.64 bits per heavy atom. The number of hydrogen-bond donors (Lipinski definition) is 2. The van der Waals surface area contributed by atoms with E-state index >= 15 is 0 Å². The number of aliphatic hydroxyl groups is 1. The topological polar surface area (TPSA) is 57.5 Å². The van der Waals surface area contributed by atoms with Gasteiger partial charge in [0.05, 0.1) is 6.10 Å². The summed E-state index contributed by atoms with van der Waals surface area (Å²) in [5, 5.41) is 21.1. The Bertz CT molecular complexity index is 1030. The van der Waals surface area contributed by atoms with Crippen molar-refractivity contribution in [2.75, 3.05) is 0 Å². The van der Waals surface area contributed by atoms with Gasteiger partial charge in [-0.15, -0.1) is 0 Å². The Morgan fingerprint density at radius 1 is 1.06 bits per heavy atom.